The number of carbonyl (C=O) groups excluding carboxylic acids is 2. The summed E-state index contributed by atoms with van der Waals surface area (Å²) < 4.78 is 0. The normalized spacial score (nSPS) is 15.8. The first kappa shape index (κ1) is 10.1. The van der Waals surface area contributed by atoms with Gasteiger partial charge in [-0.1, -0.05) is 18.2 Å². The molecule has 0 aliphatic carbocycles. The number of fused-ring (bicyclic) bond motifs is 1. The Kier molecular flexibility index (Phi) is 2.21. The molecule has 0 bridgehead atoms. The first-order valence-electron chi connectivity index (χ1n) is 5.63. The molecule has 17 heavy (non-hydrogen) atoms. The van der Waals surface area contributed by atoms with Crippen molar-refractivity contribution in [3.05, 3.63) is 36.0 Å². The van der Waals surface area contributed by atoms with Gasteiger partial charge in [0.1, 0.15) is 5.69 Å². The van der Waals surface area contributed by atoms with Crippen molar-refractivity contribution in [2.45, 2.75) is 6.42 Å². The lowest BCUT2D eigenvalue weighted by Gasteiger charge is -2.12. The van der Waals surface area contributed by atoms with Crippen LogP contribution in [0, 0.1) is 0 Å². The molecule has 0 atom stereocenters. The van der Waals surface area contributed by atoms with Gasteiger partial charge in [-0.2, -0.15) is 0 Å². The van der Waals surface area contributed by atoms with Gasteiger partial charge in [-0.25, -0.2) is 0 Å². The molecule has 4 nitrogen and oxygen atoms in total. The van der Waals surface area contributed by atoms with Gasteiger partial charge in [0.25, 0.3) is 5.91 Å². The SMILES string of the molecule is O=C1CCN(C(=O)c2cc3ccccc3[nH]2)C1. The van der Waals surface area contributed by atoms with E-state index in [2.05, 4.69) is 4.98 Å². The summed E-state index contributed by atoms with van der Waals surface area (Å²) in [4.78, 5) is 27.9. The van der Waals surface area contributed by atoms with Gasteiger partial charge < -0.3 is 9.88 Å². The number of likely N-dealkylation sites (tertiary alicyclic amines) is 1. The van der Waals surface area contributed by atoms with Crippen LogP contribution < -0.4 is 0 Å². The fraction of sp³-hybridized carbons (Fsp3) is 0.231. The molecule has 1 saturated heterocycles. The van der Waals surface area contributed by atoms with E-state index in [1.165, 1.54) is 0 Å². The van der Waals surface area contributed by atoms with Crippen LogP contribution in [-0.4, -0.2) is 34.7 Å². The number of nitrogens with one attached hydrogen (secondary N) is 1. The summed E-state index contributed by atoms with van der Waals surface area (Å²) >= 11 is 0. The topological polar surface area (TPSA) is 53.2 Å². The van der Waals surface area contributed by atoms with Crippen molar-refractivity contribution in [2.24, 2.45) is 0 Å². The number of para-hydroxylation sites is 1. The molecular weight excluding hydrogens is 216 g/mol. The summed E-state index contributed by atoms with van der Waals surface area (Å²) in [5, 5.41) is 1.02. The molecule has 1 aliphatic heterocycles. The smallest absolute Gasteiger partial charge is 0.270 e. The molecule has 0 radical (unpaired) electrons. The predicted molar refractivity (Wildman–Crippen MR) is 63.8 cm³/mol. The Labute approximate surface area is 98.2 Å². The lowest BCUT2D eigenvalue weighted by Crippen LogP contribution is -2.28. The number of nitrogens with zero attached hydrogens (tertiary/aromatic N) is 1. The van der Waals surface area contributed by atoms with Crippen molar-refractivity contribution in [2.75, 3.05) is 13.1 Å². The Bertz CT molecular complexity index is 567. The highest BCUT2D eigenvalue weighted by Gasteiger charge is 2.25. The van der Waals surface area contributed by atoms with Crippen molar-refractivity contribution in [3.63, 3.8) is 0 Å². The van der Waals surface area contributed by atoms with E-state index in [0.29, 0.717) is 18.7 Å². The second kappa shape index (κ2) is 3.73. The minimum absolute atomic E-state index is 0.0907. The number of aromatic amines is 1. The number of hydrogen-bond acceptors (Lipinski definition) is 2. The fourth-order valence-electron chi connectivity index (χ4n) is 2.16. The summed E-state index contributed by atoms with van der Waals surface area (Å²) in [5.74, 6) is 0.0431. The van der Waals surface area contributed by atoms with Gasteiger partial charge in [-0.05, 0) is 12.1 Å². The van der Waals surface area contributed by atoms with Crippen LogP contribution >= 0.6 is 0 Å². The molecule has 3 rings (SSSR count). The molecule has 86 valence electrons. The Balaban J connectivity index is 1.93. The average Bonchev–Trinajstić information content (AvgIpc) is 2.93. The molecule has 2 aromatic rings. The summed E-state index contributed by atoms with van der Waals surface area (Å²) in [5.41, 5.74) is 1.50. The van der Waals surface area contributed by atoms with Gasteiger partial charge in [0.2, 0.25) is 0 Å². The van der Waals surface area contributed by atoms with Gasteiger partial charge in [0, 0.05) is 23.9 Å². The van der Waals surface area contributed by atoms with Crippen molar-refractivity contribution in [1.29, 1.82) is 0 Å². The molecular formula is C13H12N2O2. The highest BCUT2D eigenvalue weighted by Crippen LogP contribution is 2.17. The zero-order valence-corrected chi connectivity index (χ0v) is 9.27. The van der Waals surface area contributed by atoms with E-state index in [-0.39, 0.29) is 18.2 Å². The molecule has 0 unspecified atom stereocenters. The molecule has 1 aromatic carbocycles. The Morgan fingerprint density at radius 3 is 2.82 bits per heavy atom. The minimum atomic E-state index is -0.0907. The number of benzene rings is 1. The van der Waals surface area contributed by atoms with Crippen LogP contribution in [0.4, 0.5) is 0 Å². The Morgan fingerprint density at radius 1 is 1.29 bits per heavy atom. The summed E-state index contributed by atoms with van der Waals surface area (Å²) in [6.45, 7) is 0.779. The van der Waals surface area contributed by atoms with Crippen LogP contribution in [0.2, 0.25) is 0 Å². The third-order valence-electron chi connectivity index (χ3n) is 3.08. The third-order valence-corrected chi connectivity index (χ3v) is 3.08. The number of rotatable bonds is 1. The second-order valence-corrected chi connectivity index (χ2v) is 4.29. The highest BCUT2D eigenvalue weighted by molar-refractivity contribution is 6.00. The molecule has 4 heteroatoms. The second-order valence-electron chi connectivity index (χ2n) is 4.29. The maximum absolute atomic E-state index is 12.1. The quantitative estimate of drug-likeness (QED) is 0.805. The zero-order chi connectivity index (χ0) is 11.8. The average molecular weight is 228 g/mol. The Hall–Kier alpha value is -2.10. The fourth-order valence-corrected chi connectivity index (χ4v) is 2.16. The monoisotopic (exact) mass is 228 g/mol. The lowest BCUT2D eigenvalue weighted by molar-refractivity contribution is -0.116. The van der Waals surface area contributed by atoms with Gasteiger partial charge in [0.15, 0.2) is 5.78 Å². The number of Topliss-reactive ketones (excluding diaryl/α,β-unsaturated/α-hetero) is 1. The largest absolute Gasteiger partial charge is 0.351 e. The number of carbonyl (C=O) groups is 2. The number of aromatic nitrogens is 1. The van der Waals surface area contributed by atoms with Gasteiger partial charge >= 0.3 is 0 Å². The van der Waals surface area contributed by atoms with E-state index in [1.807, 2.05) is 30.3 Å². The molecule has 1 N–H and O–H groups in total. The van der Waals surface area contributed by atoms with Crippen LogP contribution in [0.25, 0.3) is 10.9 Å². The highest BCUT2D eigenvalue weighted by atomic mass is 16.2. The maximum atomic E-state index is 12.1. The van der Waals surface area contributed by atoms with Crippen molar-refractivity contribution >= 4 is 22.6 Å². The summed E-state index contributed by atoms with van der Waals surface area (Å²) in [7, 11) is 0. The van der Waals surface area contributed by atoms with Gasteiger partial charge in [0.05, 0.1) is 6.54 Å². The van der Waals surface area contributed by atoms with Crippen molar-refractivity contribution in [1.82, 2.24) is 9.88 Å². The molecule has 0 spiro atoms. The summed E-state index contributed by atoms with van der Waals surface area (Å²) in [6.07, 6.45) is 0.478. The van der Waals surface area contributed by atoms with E-state index in [4.69, 9.17) is 0 Å². The lowest BCUT2D eigenvalue weighted by atomic mass is 10.2. The zero-order valence-electron chi connectivity index (χ0n) is 9.27. The van der Waals surface area contributed by atoms with Crippen LogP contribution in [0.15, 0.2) is 30.3 Å². The minimum Gasteiger partial charge on any atom is -0.351 e. The Morgan fingerprint density at radius 2 is 2.12 bits per heavy atom. The van der Waals surface area contributed by atoms with E-state index in [9.17, 15) is 9.59 Å². The number of H-pyrrole nitrogens is 1. The van der Waals surface area contributed by atoms with Gasteiger partial charge in [-0.3, -0.25) is 9.59 Å². The van der Waals surface area contributed by atoms with Crippen LogP contribution in [0.1, 0.15) is 16.9 Å². The summed E-state index contributed by atoms with van der Waals surface area (Å²) in [6, 6.07) is 9.58. The number of hydrogen-bond donors (Lipinski definition) is 1. The third kappa shape index (κ3) is 1.71. The molecule has 1 fully saturated rings. The molecule has 2 heterocycles. The maximum Gasteiger partial charge on any atom is 0.270 e. The molecule has 1 aliphatic rings. The van der Waals surface area contributed by atoms with Crippen molar-refractivity contribution < 1.29 is 9.59 Å². The molecule has 1 amide bonds. The van der Waals surface area contributed by atoms with E-state index in [0.717, 1.165) is 10.9 Å². The van der Waals surface area contributed by atoms with Crippen LogP contribution in [-0.2, 0) is 4.79 Å². The van der Waals surface area contributed by atoms with Gasteiger partial charge in [-0.15, -0.1) is 0 Å². The number of amides is 1. The predicted octanol–water partition coefficient (Wildman–Crippen LogP) is 1.58. The molecule has 1 aromatic heterocycles. The van der Waals surface area contributed by atoms with E-state index < -0.39 is 0 Å². The van der Waals surface area contributed by atoms with Crippen LogP contribution in [0.5, 0.6) is 0 Å². The van der Waals surface area contributed by atoms with E-state index >= 15 is 0 Å². The molecule has 0 saturated carbocycles. The first-order chi connectivity index (χ1) is 8.24. The van der Waals surface area contributed by atoms with Crippen LogP contribution in [0.3, 0.4) is 0 Å². The standard InChI is InChI=1S/C13H12N2O2/c16-10-5-6-15(8-10)13(17)12-7-9-3-1-2-4-11(9)14-12/h1-4,7,14H,5-6,8H2. The van der Waals surface area contributed by atoms with Crippen molar-refractivity contribution in [3.8, 4) is 0 Å². The number of ketones is 1. The van der Waals surface area contributed by atoms with E-state index in [1.54, 1.807) is 4.90 Å². The first-order valence-corrected chi connectivity index (χ1v) is 5.63.